The van der Waals surface area contributed by atoms with Gasteiger partial charge in [0.2, 0.25) is 5.96 Å². The van der Waals surface area contributed by atoms with Gasteiger partial charge < -0.3 is 15.5 Å². The van der Waals surface area contributed by atoms with E-state index in [9.17, 15) is 13.2 Å². The van der Waals surface area contributed by atoms with Crippen molar-refractivity contribution in [3.05, 3.63) is 89.5 Å². The Hall–Kier alpha value is -3.85. The molecule has 1 atom stereocenters. The van der Waals surface area contributed by atoms with Gasteiger partial charge in [0.05, 0.1) is 17.5 Å². The van der Waals surface area contributed by atoms with Crippen molar-refractivity contribution in [3.8, 4) is 0 Å². The fourth-order valence-corrected chi connectivity index (χ4v) is 5.94. The zero-order valence-corrected chi connectivity index (χ0v) is 20.4. The predicted octanol–water partition coefficient (Wildman–Crippen LogP) is 3.02. The lowest BCUT2D eigenvalue weighted by molar-refractivity contribution is 0.0989. The maximum Gasteiger partial charge on any atom is 0.266 e. The zero-order chi connectivity index (χ0) is 24.7. The summed E-state index contributed by atoms with van der Waals surface area (Å²) in [5.74, 6) is -0.122. The molecule has 0 fully saturated rings. The van der Waals surface area contributed by atoms with Crippen molar-refractivity contribution in [1.82, 2.24) is 4.31 Å². The Balaban J connectivity index is 1.37. The van der Waals surface area contributed by atoms with Crippen molar-refractivity contribution in [2.45, 2.75) is 17.4 Å². The monoisotopic (exact) mass is 489 g/mol. The van der Waals surface area contributed by atoms with Gasteiger partial charge >= 0.3 is 0 Å². The van der Waals surface area contributed by atoms with E-state index in [1.54, 1.807) is 17.0 Å². The minimum atomic E-state index is -3.88. The first-order chi connectivity index (χ1) is 16.8. The highest BCUT2D eigenvalue weighted by molar-refractivity contribution is 7.89. The van der Waals surface area contributed by atoms with Crippen molar-refractivity contribution in [2.24, 2.45) is 10.7 Å². The maximum absolute atomic E-state index is 13.4. The summed E-state index contributed by atoms with van der Waals surface area (Å²) in [6, 6.07) is 21.5. The van der Waals surface area contributed by atoms with Crippen molar-refractivity contribution in [2.75, 3.05) is 37.0 Å². The molecule has 0 saturated carbocycles. The number of hydrogen-bond donors (Lipinski definition) is 1. The average Bonchev–Trinajstić information content (AvgIpc) is 3.48. The molecule has 0 saturated heterocycles. The lowest BCUT2D eigenvalue weighted by Gasteiger charge is -2.21. The highest BCUT2D eigenvalue weighted by Crippen LogP contribution is 2.34. The molecule has 0 unspecified atom stereocenters. The third-order valence-electron chi connectivity index (χ3n) is 6.48. The van der Waals surface area contributed by atoms with Crippen LogP contribution in [0.1, 0.15) is 27.5 Å². The van der Waals surface area contributed by atoms with Gasteiger partial charge in [0.1, 0.15) is 0 Å². The van der Waals surface area contributed by atoms with Crippen molar-refractivity contribution in [1.29, 1.82) is 0 Å². The van der Waals surface area contributed by atoms with E-state index >= 15 is 0 Å². The molecule has 0 spiro atoms. The molecule has 2 aliphatic rings. The molecule has 0 bridgehead atoms. The number of amides is 1. The van der Waals surface area contributed by atoms with E-state index in [-0.39, 0.29) is 29.3 Å². The summed E-state index contributed by atoms with van der Waals surface area (Å²) in [6.07, 6.45) is 0.580. The maximum atomic E-state index is 13.4. The van der Waals surface area contributed by atoms with Crippen molar-refractivity contribution >= 4 is 33.3 Å². The van der Waals surface area contributed by atoms with Crippen LogP contribution < -0.4 is 15.5 Å². The van der Waals surface area contributed by atoms with Crippen LogP contribution >= 0.6 is 0 Å². The molecule has 0 aliphatic carbocycles. The number of hydrogen-bond acceptors (Lipinski definition) is 6. The third kappa shape index (κ3) is 4.12. The summed E-state index contributed by atoms with van der Waals surface area (Å²) >= 11 is 0. The average molecular weight is 490 g/mol. The Morgan fingerprint density at radius 3 is 2.43 bits per heavy atom. The predicted molar refractivity (Wildman–Crippen MR) is 137 cm³/mol. The number of guanidine groups is 1. The van der Waals surface area contributed by atoms with E-state index in [0.717, 1.165) is 26.8 Å². The topological polar surface area (TPSA) is 99.3 Å². The number of nitrogens with two attached hydrogens (primary N) is 1. The van der Waals surface area contributed by atoms with Crippen LogP contribution in [0.15, 0.2) is 82.7 Å². The van der Waals surface area contributed by atoms with Crippen LogP contribution in [-0.2, 0) is 16.4 Å². The number of sulfonamides is 1. The van der Waals surface area contributed by atoms with Crippen molar-refractivity contribution in [3.63, 3.8) is 0 Å². The van der Waals surface area contributed by atoms with Gasteiger partial charge in [-0.1, -0.05) is 30.3 Å². The molecule has 0 radical (unpaired) electrons. The second-order valence-corrected chi connectivity index (χ2v) is 10.8. The summed E-state index contributed by atoms with van der Waals surface area (Å²) in [5.41, 5.74) is 10.1. The fraction of sp³-hybridized carbons (Fsp3) is 0.231. The number of rotatable bonds is 5. The summed E-state index contributed by atoms with van der Waals surface area (Å²) in [5, 5.41) is 0. The number of carbonyl (C=O) groups excluding carboxylic acids is 1. The van der Waals surface area contributed by atoms with Gasteiger partial charge in [-0.2, -0.15) is 0 Å². The molecular formula is C26H27N5O3S. The highest BCUT2D eigenvalue weighted by atomic mass is 32.2. The lowest BCUT2D eigenvalue weighted by atomic mass is 10.1. The number of aliphatic imine (C=N–C) groups is 1. The first-order valence-electron chi connectivity index (χ1n) is 11.4. The van der Waals surface area contributed by atoms with Crippen LogP contribution in [0.25, 0.3) is 0 Å². The molecule has 35 heavy (non-hydrogen) atoms. The first kappa shape index (κ1) is 22.9. The molecule has 1 amide bonds. The molecule has 0 aromatic heterocycles. The van der Waals surface area contributed by atoms with Crippen LogP contribution in [0, 0.1) is 0 Å². The van der Waals surface area contributed by atoms with Gasteiger partial charge in [-0.3, -0.25) is 4.79 Å². The smallest absolute Gasteiger partial charge is 0.266 e. The highest BCUT2D eigenvalue weighted by Gasteiger charge is 2.35. The summed E-state index contributed by atoms with van der Waals surface area (Å²) in [7, 11) is 0.0103. The SMILES string of the molecule is CN(C)c1ccc(C(=O)N2CCc3cc(S(=O)(=O)N4C[C@H](c5ccccc5)N=C4N)ccc32)cc1. The minimum absolute atomic E-state index is 0.0164. The Labute approximate surface area is 205 Å². The Morgan fingerprint density at radius 1 is 1.03 bits per heavy atom. The zero-order valence-electron chi connectivity index (χ0n) is 19.6. The van der Waals surface area contributed by atoms with Gasteiger partial charge in [0.25, 0.3) is 15.9 Å². The lowest BCUT2D eigenvalue weighted by Crippen LogP contribution is -2.39. The van der Waals surface area contributed by atoms with E-state index in [4.69, 9.17) is 5.73 Å². The number of anilines is 2. The van der Waals surface area contributed by atoms with Gasteiger partial charge in [-0.25, -0.2) is 17.7 Å². The Bertz CT molecular complexity index is 1400. The third-order valence-corrected chi connectivity index (χ3v) is 8.24. The second kappa shape index (κ2) is 8.74. The van der Waals surface area contributed by atoms with Crippen LogP contribution in [-0.4, -0.2) is 51.8 Å². The standard InChI is InChI=1S/C26H27N5O3S/c1-29(2)21-10-8-19(9-11-21)25(32)30-15-14-20-16-22(12-13-24(20)30)35(33,34)31-17-23(28-26(31)27)18-6-4-3-5-7-18/h3-13,16,23H,14-15,17H2,1-2H3,(H2,27,28)/t23-/m1/s1. The number of benzene rings is 3. The molecule has 2 N–H and O–H groups in total. The van der Waals surface area contributed by atoms with Gasteiger partial charge in [-0.05, 0) is 60.0 Å². The van der Waals surface area contributed by atoms with E-state index in [1.165, 1.54) is 6.07 Å². The summed E-state index contributed by atoms with van der Waals surface area (Å²) in [4.78, 5) is 21.3. The minimum Gasteiger partial charge on any atom is -0.378 e. The van der Waals surface area contributed by atoms with Gasteiger partial charge in [0, 0.05) is 37.6 Å². The van der Waals surface area contributed by atoms with E-state index < -0.39 is 10.0 Å². The van der Waals surface area contributed by atoms with E-state index in [2.05, 4.69) is 4.99 Å². The molecule has 2 aliphatic heterocycles. The molecule has 3 aromatic rings. The molecule has 8 nitrogen and oxygen atoms in total. The summed E-state index contributed by atoms with van der Waals surface area (Å²) < 4.78 is 28.0. The molecular weight excluding hydrogens is 462 g/mol. The molecule has 5 rings (SSSR count). The molecule has 9 heteroatoms. The van der Waals surface area contributed by atoms with Crippen LogP contribution in [0.5, 0.6) is 0 Å². The number of nitrogens with zero attached hydrogens (tertiary/aromatic N) is 4. The molecule has 3 aromatic carbocycles. The van der Waals surface area contributed by atoms with E-state index in [0.29, 0.717) is 18.5 Å². The van der Waals surface area contributed by atoms with Crippen LogP contribution in [0.2, 0.25) is 0 Å². The van der Waals surface area contributed by atoms with Gasteiger partial charge in [0.15, 0.2) is 0 Å². The Morgan fingerprint density at radius 2 is 1.74 bits per heavy atom. The largest absolute Gasteiger partial charge is 0.378 e. The summed E-state index contributed by atoms with van der Waals surface area (Å²) in [6.45, 7) is 0.652. The fourth-order valence-electron chi connectivity index (χ4n) is 4.53. The van der Waals surface area contributed by atoms with Crippen LogP contribution in [0.4, 0.5) is 11.4 Å². The second-order valence-electron chi connectivity index (χ2n) is 8.89. The van der Waals surface area contributed by atoms with Crippen molar-refractivity contribution < 1.29 is 13.2 Å². The Kier molecular flexibility index (Phi) is 5.72. The normalized spacial score (nSPS) is 17.3. The molecule has 180 valence electrons. The number of carbonyl (C=O) groups is 1. The number of fused-ring (bicyclic) bond motifs is 1. The van der Waals surface area contributed by atoms with E-state index in [1.807, 2.05) is 73.6 Å². The van der Waals surface area contributed by atoms with Crippen LogP contribution in [0.3, 0.4) is 0 Å². The van der Waals surface area contributed by atoms with Gasteiger partial charge in [-0.15, -0.1) is 0 Å². The molecule has 2 heterocycles. The first-order valence-corrected chi connectivity index (χ1v) is 12.8. The quantitative estimate of drug-likeness (QED) is 0.594.